The van der Waals surface area contributed by atoms with E-state index < -0.39 is 18.5 Å². The number of benzene rings is 3. The average Bonchev–Trinajstić information content (AvgIpc) is 2.92. The van der Waals surface area contributed by atoms with Crippen molar-refractivity contribution in [1.29, 1.82) is 5.41 Å². The van der Waals surface area contributed by atoms with E-state index in [1.165, 1.54) is 11.0 Å². The van der Waals surface area contributed by atoms with Gasteiger partial charge in [0.2, 0.25) is 5.91 Å². The van der Waals surface area contributed by atoms with Gasteiger partial charge in [-0.3, -0.25) is 15.0 Å². The molecule has 0 aliphatic heterocycles. The van der Waals surface area contributed by atoms with Gasteiger partial charge in [0.15, 0.2) is 18.1 Å². The minimum Gasteiger partial charge on any atom is -0.490 e. The number of nitrogens with zero attached hydrogens (tertiary/aromatic N) is 1. The van der Waals surface area contributed by atoms with E-state index in [2.05, 4.69) is 10.6 Å². The number of rotatable bonds is 13. The van der Waals surface area contributed by atoms with E-state index >= 15 is 0 Å². The molecule has 0 unspecified atom stereocenters. The van der Waals surface area contributed by atoms with Crippen molar-refractivity contribution in [3.63, 3.8) is 0 Å². The number of hydrogen-bond acceptors (Lipinski definition) is 7. The Hall–Kier alpha value is -4.77. The number of carbonyl (C=O) groups is 3. The van der Waals surface area contributed by atoms with Crippen molar-refractivity contribution in [2.24, 2.45) is 5.73 Å². The SMILES string of the molecule is CCOc1cc(CC(=O)N(C)C)cc(CNc2ccc(Cl)cc2C(=O)Nc2ccc(C(=N)N)cc2)c1OCC(=O)O. The molecule has 0 heterocycles. The maximum absolute atomic E-state index is 13.2. The van der Waals surface area contributed by atoms with Crippen molar-refractivity contribution >= 4 is 46.6 Å². The summed E-state index contributed by atoms with van der Waals surface area (Å²) in [6.45, 7) is 1.58. The number of carboxylic acid groups (broad SMARTS) is 1. The Morgan fingerprint density at radius 3 is 2.37 bits per heavy atom. The fourth-order valence-electron chi connectivity index (χ4n) is 3.83. The number of amidine groups is 1. The van der Waals surface area contributed by atoms with Crippen LogP contribution in [0.1, 0.15) is 34.0 Å². The predicted molar refractivity (Wildman–Crippen MR) is 157 cm³/mol. The lowest BCUT2D eigenvalue weighted by Gasteiger charge is -2.19. The summed E-state index contributed by atoms with van der Waals surface area (Å²) in [6.07, 6.45) is 0.0936. The summed E-state index contributed by atoms with van der Waals surface area (Å²) in [5.74, 6) is -1.29. The van der Waals surface area contributed by atoms with Crippen LogP contribution < -0.4 is 25.8 Å². The molecule has 0 aliphatic rings. The second-order valence-electron chi connectivity index (χ2n) is 9.15. The summed E-state index contributed by atoms with van der Waals surface area (Å²) in [6, 6.07) is 14.7. The molecule has 3 aromatic carbocycles. The molecule has 0 aliphatic carbocycles. The molecule has 0 saturated heterocycles. The van der Waals surface area contributed by atoms with Gasteiger partial charge in [0.25, 0.3) is 5.91 Å². The van der Waals surface area contributed by atoms with Gasteiger partial charge >= 0.3 is 5.97 Å². The maximum atomic E-state index is 13.2. The summed E-state index contributed by atoms with van der Waals surface area (Å²) < 4.78 is 11.3. The smallest absolute Gasteiger partial charge is 0.341 e. The van der Waals surface area contributed by atoms with E-state index in [-0.39, 0.29) is 42.6 Å². The second kappa shape index (κ2) is 14.0. The number of aliphatic carboxylic acids is 1. The van der Waals surface area contributed by atoms with E-state index in [9.17, 15) is 19.5 Å². The number of anilines is 2. The largest absolute Gasteiger partial charge is 0.490 e. The zero-order valence-electron chi connectivity index (χ0n) is 22.9. The van der Waals surface area contributed by atoms with Crippen LogP contribution in [-0.2, 0) is 22.6 Å². The summed E-state index contributed by atoms with van der Waals surface area (Å²) in [5.41, 5.74) is 8.40. The molecule has 0 bridgehead atoms. The summed E-state index contributed by atoms with van der Waals surface area (Å²) in [7, 11) is 3.31. The van der Waals surface area contributed by atoms with Crippen LogP contribution in [0, 0.1) is 5.41 Å². The lowest BCUT2D eigenvalue weighted by atomic mass is 10.0. The third-order valence-electron chi connectivity index (χ3n) is 5.83. The molecule has 0 radical (unpaired) electrons. The number of carbonyl (C=O) groups excluding carboxylic acids is 2. The van der Waals surface area contributed by atoms with Crippen LogP contribution in [0.25, 0.3) is 0 Å². The average molecular weight is 582 g/mol. The van der Waals surface area contributed by atoms with Crippen LogP contribution in [0.5, 0.6) is 11.5 Å². The third kappa shape index (κ3) is 8.61. The van der Waals surface area contributed by atoms with Crippen molar-refractivity contribution < 1.29 is 29.0 Å². The fourth-order valence-corrected chi connectivity index (χ4v) is 4.00. The third-order valence-corrected chi connectivity index (χ3v) is 6.07. The Morgan fingerprint density at radius 2 is 1.76 bits per heavy atom. The van der Waals surface area contributed by atoms with Crippen molar-refractivity contribution in [2.75, 3.05) is 37.9 Å². The van der Waals surface area contributed by atoms with Crippen LogP contribution >= 0.6 is 11.6 Å². The number of nitrogens with two attached hydrogens (primary N) is 1. The number of nitrogen functional groups attached to an aromatic ring is 1. The minimum absolute atomic E-state index is 0.0847. The summed E-state index contributed by atoms with van der Waals surface area (Å²) in [4.78, 5) is 38.4. The molecule has 0 aromatic heterocycles. The first-order valence-corrected chi connectivity index (χ1v) is 13.0. The molecular formula is C29H32ClN5O6. The molecule has 6 N–H and O–H groups in total. The normalized spacial score (nSPS) is 10.4. The second-order valence-corrected chi connectivity index (χ2v) is 9.59. The quantitative estimate of drug-likeness (QED) is 0.149. The fraction of sp³-hybridized carbons (Fsp3) is 0.241. The van der Waals surface area contributed by atoms with E-state index in [0.717, 1.165) is 0 Å². The number of nitrogens with one attached hydrogen (secondary N) is 3. The molecule has 0 saturated carbocycles. The number of carboxylic acids is 1. The van der Waals surface area contributed by atoms with Crippen molar-refractivity contribution in [3.8, 4) is 11.5 Å². The lowest BCUT2D eigenvalue weighted by Crippen LogP contribution is -2.23. The maximum Gasteiger partial charge on any atom is 0.341 e. The van der Waals surface area contributed by atoms with Gasteiger partial charge in [0, 0.05) is 48.2 Å². The van der Waals surface area contributed by atoms with Crippen LogP contribution in [-0.4, -0.2) is 60.9 Å². The van der Waals surface area contributed by atoms with Crippen LogP contribution in [0.15, 0.2) is 54.6 Å². The molecule has 216 valence electrons. The van der Waals surface area contributed by atoms with E-state index in [4.69, 9.17) is 32.2 Å². The Balaban J connectivity index is 1.93. The Bertz CT molecular complexity index is 1440. The number of halogens is 1. The molecule has 3 rings (SSSR count). The molecule has 11 nitrogen and oxygen atoms in total. The van der Waals surface area contributed by atoms with Crippen LogP contribution in [0.3, 0.4) is 0 Å². The highest BCUT2D eigenvalue weighted by Crippen LogP contribution is 2.35. The molecular weight excluding hydrogens is 550 g/mol. The molecule has 3 aromatic rings. The van der Waals surface area contributed by atoms with Crippen molar-refractivity contribution in [3.05, 3.63) is 81.9 Å². The van der Waals surface area contributed by atoms with Crippen molar-refractivity contribution in [1.82, 2.24) is 4.90 Å². The molecule has 2 amide bonds. The highest BCUT2D eigenvalue weighted by molar-refractivity contribution is 6.31. The highest BCUT2D eigenvalue weighted by atomic mass is 35.5. The molecule has 41 heavy (non-hydrogen) atoms. The molecule has 0 fully saturated rings. The Kier molecular flexibility index (Phi) is 10.5. The zero-order chi connectivity index (χ0) is 30.1. The van der Waals surface area contributed by atoms with Gasteiger partial charge in [-0.15, -0.1) is 0 Å². The number of hydrogen-bond donors (Lipinski definition) is 5. The Labute approximate surface area is 242 Å². The van der Waals surface area contributed by atoms with Gasteiger partial charge in [-0.2, -0.15) is 0 Å². The topological polar surface area (TPSA) is 167 Å². The van der Waals surface area contributed by atoms with Gasteiger partial charge < -0.3 is 35.8 Å². The highest BCUT2D eigenvalue weighted by Gasteiger charge is 2.19. The standard InChI is InChI=1S/C29H32ClN5O6/c1-4-40-24-12-17(13-25(36)35(2)3)11-19(27(24)41-16-26(37)38)15-33-23-10-7-20(30)14-22(23)29(39)34-21-8-5-18(6-9-21)28(31)32/h5-12,14,33H,4,13,15-16H2,1-3H3,(H3,31,32)(H,34,39)(H,37,38). The van der Waals surface area contributed by atoms with Gasteiger partial charge in [-0.25, -0.2) is 4.79 Å². The molecule has 12 heteroatoms. The van der Waals surface area contributed by atoms with E-state index in [1.54, 1.807) is 69.6 Å². The van der Waals surface area contributed by atoms with Crippen molar-refractivity contribution in [2.45, 2.75) is 19.9 Å². The summed E-state index contributed by atoms with van der Waals surface area (Å²) >= 11 is 6.21. The predicted octanol–water partition coefficient (Wildman–Crippen LogP) is 3.98. The molecule has 0 atom stereocenters. The first-order valence-electron chi connectivity index (χ1n) is 12.6. The van der Waals surface area contributed by atoms with Crippen LogP contribution in [0.2, 0.25) is 5.02 Å². The summed E-state index contributed by atoms with van der Waals surface area (Å²) in [5, 5.41) is 23.1. The molecule has 0 spiro atoms. The Morgan fingerprint density at radius 1 is 1.05 bits per heavy atom. The number of amides is 2. The van der Waals surface area contributed by atoms with E-state index in [0.29, 0.717) is 38.8 Å². The lowest BCUT2D eigenvalue weighted by molar-refractivity contribution is -0.139. The number of ether oxygens (including phenoxy) is 2. The van der Waals surface area contributed by atoms with Gasteiger partial charge in [0.05, 0.1) is 18.6 Å². The monoisotopic (exact) mass is 581 g/mol. The number of likely N-dealkylation sites (N-methyl/N-ethyl adjacent to an activating group) is 1. The van der Waals surface area contributed by atoms with E-state index in [1.807, 2.05) is 0 Å². The zero-order valence-corrected chi connectivity index (χ0v) is 23.7. The van der Waals surface area contributed by atoms with Crippen LogP contribution in [0.4, 0.5) is 11.4 Å². The first-order chi connectivity index (χ1) is 19.5. The van der Waals surface area contributed by atoms with Gasteiger partial charge in [0.1, 0.15) is 5.84 Å². The first kappa shape index (κ1) is 30.8. The van der Waals surface area contributed by atoms with Gasteiger partial charge in [-0.1, -0.05) is 11.6 Å². The van der Waals surface area contributed by atoms with Gasteiger partial charge in [-0.05, 0) is 67.1 Å². The minimum atomic E-state index is -1.16.